The summed E-state index contributed by atoms with van der Waals surface area (Å²) in [6, 6.07) is 8.61. The van der Waals surface area contributed by atoms with Crippen LogP contribution in [0.4, 0.5) is 17.1 Å². The van der Waals surface area contributed by atoms with Crippen molar-refractivity contribution in [3.63, 3.8) is 0 Å². The topological polar surface area (TPSA) is 98.3 Å². The second-order valence-electron chi connectivity index (χ2n) is 4.08. The molecule has 0 radical (unpaired) electrons. The zero-order chi connectivity index (χ0) is 15.6. The van der Waals surface area contributed by atoms with Gasteiger partial charge in [0.05, 0.1) is 15.6 Å². The highest BCUT2D eigenvalue weighted by molar-refractivity contribution is 6.36. The number of hydrogen-bond acceptors (Lipinski definition) is 4. The highest BCUT2D eigenvalue weighted by Gasteiger charge is 2.23. The average molecular weight is 326 g/mol. The Labute approximate surface area is 129 Å². The van der Waals surface area contributed by atoms with Crippen molar-refractivity contribution in [1.82, 2.24) is 0 Å². The normalized spacial score (nSPS) is 10.2. The first-order valence-electron chi connectivity index (χ1n) is 5.69. The van der Waals surface area contributed by atoms with Gasteiger partial charge < -0.3 is 11.1 Å². The van der Waals surface area contributed by atoms with Crippen LogP contribution in [0.3, 0.4) is 0 Å². The SMILES string of the molecule is Nc1cccc(C(=O)Nc2ccc(Cl)cc2Cl)c1[N+](=O)[O-]. The Morgan fingerprint density at radius 2 is 1.95 bits per heavy atom. The summed E-state index contributed by atoms with van der Waals surface area (Å²) in [6.45, 7) is 0. The number of nitro groups is 1. The number of para-hydroxylation sites is 1. The first kappa shape index (κ1) is 15.1. The fourth-order valence-electron chi connectivity index (χ4n) is 1.73. The van der Waals surface area contributed by atoms with Crippen molar-refractivity contribution < 1.29 is 9.72 Å². The third-order valence-corrected chi connectivity index (χ3v) is 3.22. The van der Waals surface area contributed by atoms with Gasteiger partial charge in [0, 0.05) is 5.02 Å². The van der Waals surface area contributed by atoms with Gasteiger partial charge in [-0.25, -0.2) is 0 Å². The molecule has 1 amide bonds. The van der Waals surface area contributed by atoms with Gasteiger partial charge in [-0.3, -0.25) is 14.9 Å². The van der Waals surface area contributed by atoms with Crippen LogP contribution in [0.5, 0.6) is 0 Å². The molecule has 0 spiro atoms. The molecular weight excluding hydrogens is 317 g/mol. The number of amides is 1. The Hall–Kier alpha value is -2.31. The molecule has 6 nitrogen and oxygen atoms in total. The maximum Gasteiger partial charge on any atom is 0.304 e. The number of anilines is 2. The summed E-state index contributed by atoms with van der Waals surface area (Å²) in [5.74, 6) is -0.682. The minimum Gasteiger partial charge on any atom is -0.393 e. The van der Waals surface area contributed by atoms with Gasteiger partial charge in [-0.1, -0.05) is 29.3 Å². The van der Waals surface area contributed by atoms with E-state index in [1.54, 1.807) is 0 Å². The van der Waals surface area contributed by atoms with E-state index in [4.69, 9.17) is 28.9 Å². The summed E-state index contributed by atoms with van der Waals surface area (Å²) >= 11 is 11.7. The summed E-state index contributed by atoms with van der Waals surface area (Å²) in [4.78, 5) is 22.5. The zero-order valence-corrected chi connectivity index (χ0v) is 12.0. The number of nitrogens with two attached hydrogens (primary N) is 1. The predicted molar refractivity (Wildman–Crippen MR) is 81.9 cm³/mol. The molecule has 2 rings (SSSR count). The Balaban J connectivity index is 2.37. The molecule has 21 heavy (non-hydrogen) atoms. The van der Waals surface area contributed by atoms with E-state index in [0.29, 0.717) is 10.7 Å². The number of nitrogens with one attached hydrogen (secondary N) is 1. The fourth-order valence-corrected chi connectivity index (χ4v) is 2.18. The smallest absolute Gasteiger partial charge is 0.304 e. The number of halogens is 2. The van der Waals surface area contributed by atoms with Crippen molar-refractivity contribution >= 4 is 46.2 Å². The molecule has 2 aromatic rings. The van der Waals surface area contributed by atoms with Crippen LogP contribution < -0.4 is 11.1 Å². The van der Waals surface area contributed by atoms with Crippen molar-refractivity contribution in [3.05, 3.63) is 62.1 Å². The molecule has 0 aliphatic rings. The van der Waals surface area contributed by atoms with Crippen LogP contribution in [0, 0.1) is 10.1 Å². The second-order valence-corrected chi connectivity index (χ2v) is 4.92. The van der Waals surface area contributed by atoms with E-state index >= 15 is 0 Å². The summed E-state index contributed by atoms with van der Waals surface area (Å²) < 4.78 is 0. The first-order chi connectivity index (χ1) is 9.90. The standard InChI is InChI=1S/C13H9Cl2N3O3/c14-7-4-5-11(9(15)6-7)17-13(19)8-2-1-3-10(16)12(8)18(20)21/h1-6H,16H2,(H,17,19). The first-order valence-corrected chi connectivity index (χ1v) is 6.45. The minimum absolute atomic E-state index is 0.0881. The maximum absolute atomic E-state index is 12.2. The second kappa shape index (κ2) is 5.99. The molecule has 0 saturated carbocycles. The summed E-state index contributed by atoms with van der Waals surface area (Å²) in [5, 5.41) is 14.1. The lowest BCUT2D eigenvalue weighted by Crippen LogP contribution is -2.15. The minimum atomic E-state index is -0.701. The van der Waals surface area contributed by atoms with Gasteiger partial charge in [-0.05, 0) is 30.3 Å². The van der Waals surface area contributed by atoms with Crippen LogP contribution in [-0.4, -0.2) is 10.8 Å². The highest BCUT2D eigenvalue weighted by atomic mass is 35.5. The number of carbonyl (C=O) groups excluding carboxylic acids is 1. The summed E-state index contributed by atoms with van der Waals surface area (Å²) in [7, 11) is 0. The molecule has 2 aromatic carbocycles. The van der Waals surface area contributed by atoms with Gasteiger partial charge >= 0.3 is 5.69 Å². The molecule has 3 N–H and O–H groups in total. The lowest BCUT2D eigenvalue weighted by molar-refractivity contribution is -0.384. The molecule has 0 bridgehead atoms. The van der Waals surface area contributed by atoms with E-state index in [2.05, 4.69) is 5.32 Å². The zero-order valence-electron chi connectivity index (χ0n) is 10.5. The van der Waals surface area contributed by atoms with Crippen LogP contribution in [-0.2, 0) is 0 Å². The van der Waals surface area contributed by atoms with Gasteiger partial charge in [0.15, 0.2) is 0 Å². The Morgan fingerprint density at radius 3 is 2.57 bits per heavy atom. The monoisotopic (exact) mass is 325 g/mol. The molecule has 0 aromatic heterocycles. The van der Waals surface area contributed by atoms with Crippen LogP contribution >= 0.6 is 23.2 Å². The van der Waals surface area contributed by atoms with Gasteiger partial charge in [-0.15, -0.1) is 0 Å². The molecule has 0 aliphatic heterocycles. The molecular formula is C13H9Cl2N3O3. The molecule has 0 heterocycles. The number of benzene rings is 2. The van der Waals surface area contributed by atoms with E-state index in [1.165, 1.54) is 36.4 Å². The number of hydrogen-bond donors (Lipinski definition) is 2. The van der Waals surface area contributed by atoms with Crippen molar-refractivity contribution in [1.29, 1.82) is 0 Å². The Kier molecular flexibility index (Phi) is 4.30. The molecule has 0 atom stereocenters. The van der Waals surface area contributed by atoms with Gasteiger partial charge in [0.2, 0.25) is 0 Å². The molecule has 0 unspecified atom stereocenters. The highest BCUT2D eigenvalue weighted by Crippen LogP contribution is 2.29. The third kappa shape index (κ3) is 3.24. The van der Waals surface area contributed by atoms with E-state index in [1.807, 2.05) is 0 Å². The summed E-state index contributed by atoms with van der Waals surface area (Å²) in [5.41, 5.74) is 5.15. The van der Waals surface area contributed by atoms with E-state index in [-0.39, 0.29) is 16.3 Å². The van der Waals surface area contributed by atoms with Crippen LogP contribution in [0.15, 0.2) is 36.4 Å². The lowest BCUT2D eigenvalue weighted by Gasteiger charge is -2.08. The van der Waals surface area contributed by atoms with Gasteiger partial charge in [0.25, 0.3) is 5.91 Å². The number of nitrogens with zero attached hydrogens (tertiary/aromatic N) is 1. The van der Waals surface area contributed by atoms with Crippen molar-refractivity contribution in [2.75, 3.05) is 11.1 Å². The molecule has 0 fully saturated rings. The number of carbonyl (C=O) groups is 1. The maximum atomic E-state index is 12.2. The van der Waals surface area contributed by atoms with Crippen LogP contribution in [0.2, 0.25) is 10.0 Å². The molecule has 0 saturated heterocycles. The fraction of sp³-hybridized carbons (Fsp3) is 0. The molecule has 108 valence electrons. The van der Waals surface area contributed by atoms with Crippen molar-refractivity contribution in [2.24, 2.45) is 0 Å². The van der Waals surface area contributed by atoms with Crippen molar-refractivity contribution in [3.8, 4) is 0 Å². The van der Waals surface area contributed by atoms with E-state index in [9.17, 15) is 14.9 Å². The van der Waals surface area contributed by atoms with Crippen LogP contribution in [0.1, 0.15) is 10.4 Å². The van der Waals surface area contributed by atoms with Gasteiger partial charge in [-0.2, -0.15) is 0 Å². The molecule has 8 heteroatoms. The number of nitro benzene ring substituents is 1. The van der Waals surface area contributed by atoms with E-state index in [0.717, 1.165) is 0 Å². The van der Waals surface area contributed by atoms with Crippen molar-refractivity contribution in [2.45, 2.75) is 0 Å². The largest absolute Gasteiger partial charge is 0.393 e. The number of rotatable bonds is 3. The average Bonchev–Trinajstić information content (AvgIpc) is 2.41. The number of nitrogen functional groups attached to an aromatic ring is 1. The van der Waals surface area contributed by atoms with Gasteiger partial charge in [0.1, 0.15) is 11.3 Å². The molecule has 0 aliphatic carbocycles. The lowest BCUT2D eigenvalue weighted by atomic mass is 10.1. The van der Waals surface area contributed by atoms with E-state index < -0.39 is 16.5 Å². The quantitative estimate of drug-likeness (QED) is 0.510. The predicted octanol–water partition coefficient (Wildman–Crippen LogP) is 3.74. The van der Waals surface area contributed by atoms with Crippen LogP contribution in [0.25, 0.3) is 0 Å². The summed E-state index contributed by atoms with van der Waals surface area (Å²) in [6.07, 6.45) is 0. The Bertz CT molecular complexity index is 735. The third-order valence-electron chi connectivity index (χ3n) is 2.67. The Morgan fingerprint density at radius 1 is 1.24 bits per heavy atom.